The Balaban J connectivity index is 1.46. The molecule has 2 heterocycles. The van der Waals surface area contributed by atoms with Crippen molar-refractivity contribution in [1.82, 2.24) is 10.2 Å². The summed E-state index contributed by atoms with van der Waals surface area (Å²) in [6, 6.07) is 6.28. The summed E-state index contributed by atoms with van der Waals surface area (Å²) in [5.41, 5.74) is 0.912. The maximum absolute atomic E-state index is 13.1. The van der Waals surface area contributed by atoms with Crippen LogP contribution in [0.1, 0.15) is 33.1 Å². The van der Waals surface area contributed by atoms with E-state index in [1.165, 1.54) is 12.1 Å². The minimum atomic E-state index is -1.19. The van der Waals surface area contributed by atoms with E-state index in [4.69, 9.17) is 4.74 Å². The van der Waals surface area contributed by atoms with Gasteiger partial charge in [-0.1, -0.05) is 13.8 Å². The van der Waals surface area contributed by atoms with Crippen molar-refractivity contribution in [2.45, 2.75) is 57.5 Å². The number of aliphatic hydroxyl groups is 2. The summed E-state index contributed by atoms with van der Waals surface area (Å²) >= 11 is 0. The molecule has 178 valence electrons. The zero-order valence-corrected chi connectivity index (χ0v) is 18.7. The van der Waals surface area contributed by atoms with E-state index in [1.54, 1.807) is 17.0 Å². The van der Waals surface area contributed by atoms with Crippen LogP contribution in [0.2, 0.25) is 0 Å². The number of nitrogens with zero attached hydrogens (tertiary/aromatic N) is 2. The highest BCUT2D eigenvalue weighted by atomic mass is 19.1. The molecular formula is C23H34FN3O5. The van der Waals surface area contributed by atoms with Crippen molar-refractivity contribution >= 4 is 17.5 Å². The molecule has 2 aliphatic rings. The van der Waals surface area contributed by atoms with Gasteiger partial charge >= 0.3 is 0 Å². The summed E-state index contributed by atoms with van der Waals surface area (Å²) in [5.74, 6) is -0.627. The lowest BCUT2D eigenvalue weighted by Gasteiger charge is -2.36. The highest BCUT2D eigenvalue weighted by Gasteiger charge is 2.44. The Morgan fingerprint density at radius 3 is 2.25 bits per heavy atom. The van der Waals surface area contributed by atoms with Crippen LogP contribution in [0.3, 0.4) is 0 Å². The van der Waals surface area contributed by atoms with Crippen molar-refractivity contribution in [2.75, 3.05) is 37.6 Å². The summed E-state index contributed by atoms with van der Waals surface area (Å²) < 4.78 is 18.9. The van der Waals surface area contributed by atoms with E-state index in [-0.39, 0.29) is 36.5 Å². The van der Waals surface area contributed by atoms with Crippen molar-refractivity contribution in [3.63, 3.8) is 0 Å². The smallest absolute Gasteiger partial charge is 0.225 e. The monoisotopic (exact) mass is 451 g/mol. The number of benzene rings is 1. The fourth-order valence-corrected chi connectivity index (χ4v) is 4.34. The minimum Gasteiger partial charge on any atom is -0.388 e. The van der Waals surface area contributed by atoms with E-state index in [0.717, 1.165) is 18.5 Å². The molecule has 32 heavy (non-hydrogen) atoms. The van der Waals surface area contributed by atoms with Crippen molar-refractivity contribution in [3.05, 3.63) is 30.1 Å². The topological polar surface area (TPSA) is 102 Å². The van der Waals surface area contributed by atoms with Crippen molar-refractivity contribution < 1.29 is 28.9 Å². The highest BCUT2D eigenvalue weighted by molar-refractivity contribution is 5.78. The highest BCUT2D eigenvalue weighted by Crippen LogP contribution is 2.25. The van der Waals surface area contributed by atoms with Gasteiger partial charge in [0.15, 0.2) is 0 Å². The van der Waals surface area contributed by atoms with Gasteiger partial charge in [-0.3, -0.25) is 9.59 Å². The number of carbonyl (C=O) groups is 2. The second-order valence-electron chi connectivity index (χ2n) is 8.50. The van der Waals surface area contributed by atoms with Gasteiger partial charge in [-0.15, -0.1) is 0 Å². The lowest BCUT2D eigenvalue weighted by atomic mass is 10.0. The van der Waals surface area contributed by atoms with E-state index in [0.29, 0.717) is 26.2 Å². The number of piperazine rings is 1. The lowest BCUT2D eigenvalue weighted by Crippen LogP contribution is -2.49. The van der Waals surface area contributed by atoms with Gasteiger partial charge in [-0.25, -0.2) is 4.39 Å². The molecule has 0 aliphatic carbocycles. The summed E-state index contributed by atoms with van der Waals surface area (Å²) in [4.78, 5) is 28.7. The van der Waals surface area contributed by atoms with Crippen molar-refractivity contribution in [2.24, 2.45) is 5.92 Å². The summed E-state index contributed by atoms with van der Waals surface area (Å²) in [7, 11) is 0. The molecular weight excluding hydrogens is 417 g/mol. The normalized spacial score (nSPS) is 25.9. The molecule has 3 rings (SSSR count). The number of nitrogens with one attached hydrogen (secondary N) is 1. The van der Waals surface area contributed by atoms with Gasteiger partial charge in [0.2, 0.25) is 11.8 Å². The zero-order valence-electron chi connectivity index (χ0n) is 18.7. The van der Waals surface area contributed by atoms with Crippen LogP contribution < -0.4 is 10.2 Å². The Kier molecular flexibility index (Phi) is 8.44. The van der Waals surface area contributed by atoms with E-state index >= 15 is 0 Å². The van der Waals surface area contributed by atoms with Crippen molar-refractivity contribution in [1.29, 1.82) is 0 Å². The first-order chi connectivity index (χ1) is 15.3. The number of ether oxygens (including phenoxy) is 1. The number of hydrogen-bond donors (Lipinski definition) is 3. The van der Waals surface area contributed by atoms with Crippen LogP contribution in [-0.2, 0) is 14.3 Å². The lowest BCUT2D eigenvalue weighted by molar-refractivity contribution is -0.136. The van der Waals surface area contributed by atoms with Crippen LogP contribution in [-0.4, -0.2) is 84.1 Å². The molecule has 9 heteroatoms. The standard InChI is InChI=1S/C23H34FN3O5/c1-3-15(4-2)23(31)25-14-19-22(30)21(29)18(32-19)13-20(28)27-11-9-26(10-12-27)17-7-5-16(24)6-8-17/h5-8,15,18-19,21-22,29-30H,3-4,9-14H2,1-2H3,(H,25,31)/t18-,19+,21-,22+/m0/s1. The minimum absolute atomic E-state index is 0.0359. The average Bonchev–Trinajstić information content (AvgIpc) is 3.07. The third kappa shape index (κ3) is 5.76. The Hall–Kier alpha value is -2.23. The number of amides is 2. The molecule has 0 spiro atoms. The first-order valence-electron chi connectivity index (χ1n) is 11.4. The largest absolute Gasteiger partial charge is 0.388 e. The SMILES string of the molecule is CCC(CC)C(=O)NC[C@H]1O[C@@H](CC(=O)N2CCN(c3ccc(F)cc3)CC2)[C@H](O)[C@@H]1O. The second kappa shape index (κ2) is 11.1. The Morgan fingerprint density at radius 2 is 1.66 bits per heavy atom. The fourth-order valence-electron chi connectivity index (χ4n) is 4.34. The molecule has 4 atom stereocenters. The summed E-state index contributed by atoms with van der Waals surface area (Å²) in [6.45, 7) is 6.25. The van der Waals surface area contributed by atoms with Crippen LogP contribution >= 0.6 is 0 Å². The maximum Gasteiger partial charge on any atom is 0.225 e. The van der Waals surface area contributed by atoms with E-state index < -0.39 is 24.4 Å². The zero-order chi connectivity index (χ0) is 23.3. The average molecular weight is 452 g/mol. The molecule has 2 amide bonds. The molecule has 1 aromatic carbocycles. The predicted octanol–water partition coefficient (Wildman–Crippen LogP) is 0.906. The predicted molar refractivity (Wildman–Crippen MR) is 118 cm³/mol. The number of aliphatic hydroxyl groups excluding tert-OH is 2. The molecule has 8 nitrogen and oxygen atoms in total. The van der Waals surface area contributed by atoms with Gasteiger partial charge in [0.1, 0.15) is 24.1 Å². The van der Waals surface area contributed by atoms with Gasteiger partial charge in [-0.2, -0.15) is 0 Å². The van der Waals surface area contributed by atoms with E-state index in [2.05, 4.69) is 10.2 Å². The molecule has 2 fully saturated rings. The second-order valence-corrected chi connectivity index (χ2v) is 8.50. The third-order valence-electron chi connectivity index (χ3n) is 6.50. The number of carbonyl (C=O) groups excluding carboxylic acids is 2. The molecule has 0 radical (unpaired) electrons. The van der Waals surface area contributed by atoms with Crippen LogP contribution in [0.25, 0.3) is 0 Å². The van der Waals surface area contributed by atoms with Crippen LogP contribution in [0, 0.1) is 11.7 Å². The Bertz CT molecular complexity index is 765. The molecule has 1 aromatic rings. The number of anilines is 1. The molecule has 0 saturated carbocycles. The quantitative estimate of drug-likeness (QED) is 0.543. The van der Waals surface area contributed by atoms with Crippen LogP contribution in [0.4, 0.5) is 10.1 Å². The Morgan fingerprint density at radius 1 is 1.06 bits per heavy atom. The maximum atomic E-state index is 13.1. The van der Waals surface area contributed by atoms with E-state index in [1.807, 2.05) is 13.8 Å². The third-order valence-corrected chi connectivity index (χ3v) is 6.50. The fraction of sp³-hybridized carbons (Fsp3) is 0.652. The van der Waals surface area contributed by atoms with E-state index in [9.17, 15) is 24.2 Å². The number of rotatable bonds is 8. The molecule has 2 aliphatic heterocycles. The molecule has 3 N–H and O–H groups in total. The summed E-state index contributed by atoms with van der Waals surface area (Å²) in [6.07, 6.45) is -2.50. The Labute approximate surface area is 188 Å². The molecule has 0 bridgehead atoms. The van der Waals surface area contributed by atoms with Gasteiger partial charge in [0.25, 0.3) is 0 Å². The van der Waals surface area contributed by atoms with Crippen LogP contribution in [0.5, 0.6) is 0 Å². The van der Waals surface area contributed by atoms with Gasteiger partial charge < -0.3 is 30.1 Å². The van der Waals surface area contributed by atoms with Crippen molar-refractivity contribution in [3.8, 4) is 0 Å². The molecule has 0 aromatic heterocycles. The van der Waals surface area contributed by atoms with Gasteiger partial charge in [-0.05, 0) is 37.1 Å². The van der Waals surface area contributed by atoms with Gasteiger partial charge in [0, 0.05) is 44.3 Å². The summed E-state index contributed by atoms with van der Waals surface area (Å²) in [5, 5.41) is 23.4. The number of hydrogen-bond acceptors (Lipinski definition) is 6. The first-order valence-corrected chi connectivity index (χ1v) is 11.4. The number of halogens is 1. The first kappa shape index (κ1) is 24.4. The van der Waals surface area contributed by atoms with Crippen LogP contribution in [0.15, 0.2) is 24.3 Å². The molecule has 0 unspecified atom stereocenters. The van der Waals surface area contributed by atoms with Gasteiger partial charge in [0.05, 0.1) is 12.5 Å². The molecule has 2 saturated heterocycles.